The number of nitrogens with two attached hydrogens (primary N) is 1. The van der Waals surface area contributed by atoms with Crippen molar-refractivity contribution in [2.45, 2.75) is 50.3 Å². The van der Waals surface area contributed by atoms with Gasteiger partial charge in [-0.3, -0.25) is 19.8 Å². The molecule has 3 heterocycles. The Hall–Kier alpha value is -3.31. The van der Waals surface area contributed by atoms with E-state index in [0.717, 1.165) is 17.0 Å². The fourth-order valence-corrected chi connectivity index (χ4v) is 7.30. The van der Waals surface area contributed by atoms with Crippen LogP contribution in [0.2, 0.25) is 5.02 Å². The van der Waals surface area contributed by atoms with Gasteiger partial charge in [0.1, 0.15) is 10.8 Å². The van der Waals surface area contributed by atoms with Gasteiger partial charge in [-0.1, -0.05) is 78.9 Å². The van der Waals surface area contributed by atoms with Gasteiger partial charge in [-0.25, -0.2) is 0 Å². The summed E-state index contributed by atoms with van der Waals surface area (Å²) in [6, 6.07) is 9.37. The molecule has 1 unspecified atom stereocenters. The first-order valence-corrected chi connectivity index (χ1v) is 15.4. The van der Waals surface area contributed by atoms with Crippen LogP contribution in [0.1, 0.15) is 50.1 Å². The first kappa shape index (κ1) is 28.2. The monoisotopic (exact) mass is 612 g/mol. The number of benzene rings is 1. The highest BCUT2D eigenvalue weighted by molar-refractivity contribution is 8.01. The van der Waals surface area contributed by atoms with Gasteiger partial charge in [0.05, 0.1) is 23.3 Å². The molecule has 0 saturated heterocycles. The maximum atomic E-state index is 13.6. The number of ketones is 1. The number of anilines is 2. The molecular weight excluding hydrogens is 588 g/mol. The summed E-state index contributed by atoms with van der Waals surface area (Å²) in [7, 11) is 0. The summed E-state index contributed by atoms with van der Waals surface area (Å²) in [5, 5.41) is 31.8. The molecule has 1 aliphatic carbocycles. The van der Waals surface area contributed by atoms with E-state index < -0.39 is 5.92 Å². The van der Waals surface area contributed by atoms with E-state index in [1.54, 1.807) is 17.0 Å². The van der Waals surface area contributed by atoms with Crippen molar-refractivity contribution >= 4 is 68.0 Å². The van der Waals surface area contributed by atoms with E-state index in [9.17, 15) is 14.9 Å². The smallest absolute Gasteiger partial charge is 0.236 e. The van der Waals surface area contributed by atoms with Crippen LogP contribution in [-0.4, -0.2) is 37.8 Å². The first-order valence-electron chi connectivity index (χ1n) is 12.4. The molecule has 1 aliphatic heterocycles. The highest BCUT2D eigenvalue weighted by Gasteiger charge is 2.45. The summed E-state index contributed by atoms with van der Waals surface area (Å²) in [5.74, 6) is -0.561. The molecule has 0 fully saturated rings. The van der Waals surface area contributed by atoms with Gasteiger partial charge < -0.3 is 5.73 Å². The fraction of sp³-hybridized carbons (Fsp3) is 0.346. The van der Waals surface area contributed by atoms with Crippen LogP contribution in [0.5, 0.6) is 0 Å². The molecule has 2 aliphatic rings. The molecular formula is C26H25ClN8O2S3. The van der Waals surface area contributed by atoms with Crippen LogP contribution in [0, 0.1) is 16.7 Å². The Kier molecular flexibility index (Phi) is 7.96. The van der Waals surface area contributed by atoms with Gasteiger partial charge in [0.2, 0.25) is 16.2 Å². The van der Waals surface area contributed by atoms with Gasteiger partial charge in [0, 0.05) is 22.7 Å². The molecule has 0 radical (unpaired) electrons. The SMILES string of the molecule is CCc1nnc(NC(=O)CSc2nnc(N3C(N)=C(C#N)C(c4ccc(Cl)cc4)C4=C3CC(C)(C)CC4=O)s2)s1. The highest BCUT2D eigenvalue weighted by Crippen LogP contribution is 2.50. The standard InChI is InChI=1S/C26H25ClN8O2S3/c1-4-19-31-32-23(39-19)30-18(37)12-38-25-34-33-24(40-25)35-16-9-26(2,3)10-17(36)21(16)20(15(11-28)22(35)29)13-5-7-14(27)8-6-13/h5-8,20H,4,9-10,12,29H2,1-3H3,(H,30,32,37). The van der Waals surface area contributed by atoms with E-state index in [1.807, 2.05) is 32.9 Å². The lowest BCUT2D eigenvalue weighted by Crippen LogP contribution is -2.42. The molecule has 206 valence electrons. The maximum absolute atomic E-state index is 13.6. The molecule has 10 nitrogen and oxygen atoms in total. The predicted octanol–water partition coefficient (Wildman–Crippen LogP) is 5.28. The fourth-order valence-electron chi connectivity index (χ4n) is 4.80. The number of Topliss-reactive ketones (excluding diaryl/α,β-unsaturated/α-hetero) is 1. The number of nitrogens with zero attached hydrogens (tertiary/aromatic N) is 6. The van der Waals surface area contributed by atoms with Gasteiger partial charge >= 0.3 is 0 Å². The number of hydrogen-bond acceptors (Lipinski definition) is 12. The number of aromatic nitrogens is 4. The molecule has 3 aromatic rings. The van der Waals surface area contributed by atoms with Crippen LogP contribution in [0.15, 0.2) is 51.3 Å². The quantitative estimate of drug-likeness (QED) is 0.337. The van der Waals surface area contributed by atoms with Crippen LogP contribution < -0.4 is 16.0 Å². The van der Waals surface area contributed by atoms with Gasteiger partial charge in [-0.2, -0.15) is 5.26 Å². The van der Waals surface area contributed by atoms with Gasteiger partial charge in [-0.15, -0.1) is 20.4 Å². The molecule has 1 aromatic carbocycles. The van der Waals surface area contributed by atoms with Crippen molar-refractivity contribution < 1.29 is 9.59 Å². The Labute approximate surface area is 248 Å². The zero-order chi connectivity index (χ0) is 28.6. The van der Waals surface area contributed by atoms with Crippen LogP contribution in [0.4, 0.5) is 10.3 Å². The third-order valence-electron chi connectivity index (χ3n) is 6.51. The summed E-state index contributed by atoms with van der Waals surface area (Å²) in [5.41, 5.74) is 8.64. The zero-order valence-corrected chi connectivity index (χ0v) is 25.1. The minimum absolute atomic E-state index is 0.0323. The number of aryl methyl sites for hydroxylation is 1. The number of amides is 1. The van der Waals surface area contributed by atoms with E-state index in [-0.39, 0.29) is 34.3 Å². The van der Waals surface area contributed by atoms with E-state index in [2.05, 4.69) is 31.8 Å². The Morgan fingerprint density at radius 3 is 2.65 bits per heavy atom. The normalized spacial score (nSPS) is 18.5. The summed E-state index contributed by atoms with van der Waals surface area (Å²) < 4.78 is 0.548. The lowest BCUT2D eigenvalue weighted by atomic mass is 9.69. The van der Waals surface area contributed by atoms with Crippen LogP contribution in [-0.2, 0) is 16.0 Å². The second-order valence-corrected chi connectivity index (χ2v) is 13.8. The summed E-state index contributed by atoms with van der Waals surface area (Å²) in [6.45, 7) is 6.04. The Morgan fingerprint density at radius 2 is 1.98 bits per heavy atom. The number of hydrogen-bond donors (Lipinski definition) is 2. The number of rotatable bonds is 7. The van der Waals surface area contributed by atoms with Crippen LogP contribution in [0.25, 0.3) is 0 Å². The van der Waals surface area contributed by atoms with Crippen LogP contribution >= 0.6 is 46.0 Å². The van der Waals surface area contributed by atoms with E-state index in [0.29, 0.717) is 43.7 Å². The largest absolute Gasteiger partial charge is 0.384 e. The molecule has 0 spiro atoms. The Bertz CT molecular complexity index is 1590. The third kappa shape index (κ3) is 5.62. The van der Waals surface area contributed by atoms with E-state index in [4.69, 9.17) is 17.3 Å². The topological polar surface area (TPSA) is 151 Å². The van der Waals surface area contributed by atoms with Crippen molar-refractivity contribution in [2.24, 2.45) is 11.1 Å². The van der Waals surface area contributed by atoms with Crippen molar-refractivity contribution in [2.75, 3.05) is 16.0 Å². The maximum Gasteiger partial charge on any atom is 0.236 e. The first-order chi connectivity index (χ1) is 19.1. The van der Waals surface area contributed by atoms with Crippen molar-refractivity contribution in [3.63, 3.8) is 0 Å². The molecule has 14 heteroatoms. The van der Waals surface area contributed by atoms with E-state index in [1.165, 1.54) is 34.4 Å². The molecule has 2 aromatic heterocycles. The molecule has 0 bridgehead atoms. The summed E-state index contributed by atoms with van der Waals surface area (Å²) >= 11 is 9.92. The molecule has 5 rings (SSSR count). The second kappa shape index (κ2) is 11.3. The number of nitriles is 1. The number of carbonyl (C=O) groups excluding carboxylic acids is 2. The van der Waals surface area contributed by atoms with Crippen molar-refractivity contribution in [1.29, 1.82) is 5.26 Å². The number of thioether (sulfide) groups is 1. The number of nitrogens with one attached hydrogen (secondary N) is 1. The van der Waals surface area contributed by atoms with Gasteiger partial charge in [0.15, 0.2) is 10.1 Å². The minimum atomic E-state index is -0.601. The van der Waals surface area contributed by atoms with Crippen molar-refractivity contribution in [3.8, 4) is 6.07 Å². The summed E-state index contributed by atoms with van der Waals surface area (Å²) in [4.78, 5) is 27.8. The predicted molar refractivity (Wildman–Crippen MR) is 157 cm³/mol. The molecule has 1 amide bonds. The Balaban J connectivity index is 1.45. The average Bonchev–Trinajstić information content (AvgIpc) is 3.56. The second-order valence-electron chi connectivity index (χ2n) is 10.1. The lowest BCUT2D eigenvalue weighted by molar-refractivity contribution is -0.118. The molecule has 40 heavy (non-hydrogen) atoms. The van der Waals surface area contributed by atoms with E-state index >= 15 is 0 Å². The number of allylic oxidation sites excluding steroid dienone is 3. The highest BCUT2D eigenvalue weighted by atomic mass is 35.5. The van der Waals surface area contributed by atoms with Crippen LogP contribution in [0.3, 0.4) is 0 Å². The third-order valence-corrected chi connectivity index (χ3v) is 9.79. The Morgan fingerprint density at radius 1 is 1.23 bits per heavy atom. The average molecular weight is 613 g/mol. The number of carbonyl (C=O) groups is 2. The summed E-state index contributed by atoms with van der Waals surface area (Å²) in [6.07, 6.45) is 1.66. The molecule has 3 N–H and O–H groups in total. The van der Waals surface area contributed by atoms with Gasteiger partial charge in [-0.05, 0) is 36.0 Å². The van der Waals surface area contributed by atoms with Gasteiger partial charge in [0.25, 0.3) is 0 Å². The zero-order valence-electron chi connectivity index (χ0n) is 21.9. The van der Waals surface area contributed by atoms with Crippen molar-refractivity contribution in [1.82, 2.24) is 20.4 Å². The minimum Gasteiger partial charge on any atom is -0.384 e. The lowest BCUT2D eigenvalue weighted by Gasteiger charge is -2.42. The molecule has 1 atom stereocenters. The number of halogens is 1. The molecule has 0 saturated carbocycles. The van der Waals surface area contributed by atoms with Crippen molar-refractivity contribution in [3.05, 3.63) is 62.5 Å².